The van der Waals surface area contributed by atoms with E-state index in [4.69, 9.17) is 25.4 Å². The first kappa shape index (κ1) is 13.1. The van der Waals surface area contributed by atoms with Gasteiger partial charge >= 0.3 is 12.2 Å². The summed E-state index contributed by atoms with van der Waals surface area (Å²) in [6.45, 7) is 0. The standard InChI is InChI=1S/C10H14N4O5/c11-9(15)18-6-2-1-5(8-14-13-4-17-8)3-7(6)19-10(12)16/h4-7H,1-3H2,(H2,11,15)(H2,12,16)/t5-,6+,7-/m0/s1. The number of aromatic nitrogens is 2. The summed E-state index contributed by atoms with van der Waals surface area (Å²) < 4.78 is 15.0. The maximum Gasteiger partial charge on any atom is 0.404 e. The van der Waals surface area contributed by atoms with E-state index in [-0.39, 0.29) is 5.92 Å². The van der Waals surface area contributed by atoms with E-state index in [1.807, 2.05) is 0 Å². The molecular weight excluding hydrogens is 256 g/mol. The summed E-state index contributed by atoms with van der Waals surface area (Å²) in [4.78, 5) is 21.7. The van der Waals surface area contributed by atoms with Gasteiger partial charge in [-0.25, -0.2) is 9.59 Å². The van der Waals surface area contributed by atoms with E-state index in [0.717, 1.165) is 0 Å². The maximum absolute atomic E-state index is 10.9. The number of primary amides is 2. The van der Waals surface area contributed by atoms with Crippen LogP contribution in [0, 0.1) is 0 Å². The lowest BCUT2D eigenvalue weighted by atomic mass is 9.85. The van der Waals surface area contributed by atoms with Crippen molar-refractivity contribution in [1.82, 2.24) is 10.2 Å². The smallest absolute Gasteiger partial charge is 0.404 e. The fourth-order valence-electron chi connectivity index (χ4n) is 2.24. The van der Waals surface area contributed by atoms with Crippen molar-refractivity contribution in [1.29, 1.82) is 0 Å². The van der Waals surface area contributed by atoms with Gasteiger partial charge in [-0.2, -0.15) is 0 Å². The van der Waals surface area contributed by atoms with Crippen LogP contribution in [0.5, 0.6) is 0 Å². The molecule has 2 rings (SSSR count). The molecule has 1 aliphatic rings. The van der Waals surface area contributed by atoms with Crippen molar-refractivity contribution < 1.29 is 23.5 Å². The average Bonchev–Trinajstić information content (AvgIpc) is 2.83. The molecule has 2 amide bonds. The van der Waals surface area contributed by atoms with Gasteiger partial charge in [0.05, 0.1) is 0 Å². The van der Waals surface area contributed by atoms with E-state index in [0.29, 0.717) is 25.2 Å². The summed E-state index contributed by atoms with van der Waals surface area (Å²) in [5.41, 5.74) is 9.97. The Morgan fingerprint density at radius 1 is 1.21 bits per heavy atom. The largest absolute Gasteiger partial charge is 0.442 e. The van der Waals surface area contributed by atoms with E-state index >= 15 is 0 Å². The summed E-state index contributed by atoms with van der Waals surface area (Å²) in [5, 5.41) is 7.41. The lowest BCUT2D eigenvalue weighted by Crippen LogP contribution is -2.42. The van der Waals surface area contributed by atoms with E-state index < -0.39 is 24.4 Å². The average molecular weight is 270 g/mol. The molecule has 0 unspecified atom stereocenters. The molecule has 1 aromatic heterocycles. The van der Waals surface area contributed by atoms with E-state index in [2.05, 4.69) is 10.2 Å². The van der Waals surface area contributed by atoms with Crippen molar-refractivity contribution in [2.24, 2.45) is 11.5 Å². The number of nitrogens with two attached hydrogens (primary N) is 2. The molecule has 3 atom stereocenters. The molecule has 0 aliphatic heterocycles. The van der Waals surface area contributed by atoms with Crippen molar-refractivity contribution in [2.45, 2.75) is 37.4 Å². The van der Waals surface area contributed by atoms with Crippen LogP contribution < -0.4 is 11.5 Å². The molecule has 19 heavy (non-hydrogen) atoms. The van der Waals surface area contributed by atoms with E-state index in [9.17, 15) is 9.59 Å². The molecule has 1 aliphatic carbocycles. The molecule has 9 heteroatoms. The Morgan fingerprint density at radius 2 is 1.89 bits per heavy atom. The second kappa shape index (κ2) is 5.55. The Bertz CT molecular complexity index is 449. The number of hydrogen-bond acceptors (Lipinski definition) is 7. The monoisotopic (exact) mass is 270 g/mol. The molecule has 0 radical (unpaired) electrons. The first-order valence-corrected chi connectivity index (χ1v) is 5.74. The van der Waals surface area contributed by atoms with Crippen LogP contribution in [0.2, 0.25) is 0 Å². The Balaban J connectivity index is 2.05. The molecule has 0 saturated heterocycles. The molecule has 0 aromatic carbocycles. The quantitative estimate of drug-likeness (QED) is 0.801. The second-order valence-electron chi connectivity index (χ2n) is 4.24. The van der Waals surface area contributed by atoms with Crippen LogP contribution in [0.4, 0.5) is 9.59 Å². The van der Waals surface area contributed by atoms with Crippen molar-refractivity contribution in [3.8, 4) is 0 Å². The molecule has 1 saturated carbocycles. The molecule has 0 spiro atoms. The predicted octanol–water partition coefficient (Wildman–Crippen LogP) is 0.265. The van der Waals surface area contributed by atoms with Gasteiger partial charge in [0.1, 0.15) is 12.2 Å². The third-order valence-electron chi connectivity index (χ3n) is 2.99. The highest BCUT2D eigenvalue weighted by Crippen LogP contribution is 2.34. The predicted molar refractivity (Wildman–Crippen MR) is 59.8 cm³/mol. The van der Waals surface area contributed by atoms with Gasteiger partial charge in [0.2, 0.25) is 12.3 Å². The van der Waals surface area contributed by atoms with Crippen molar-refractivity contribution in [2.75, 3.05) is 0 Å². The molecule has 1 fully saturated rings. The molecule has 1 aromatic rings. The van der Waals surface area contributed by atoms with Gasteiger partial charge in [-0.15, -0.1) is 10.2 Å². The fourth-order valence-corrected chi connectivity index (χ4v) is 2.24. The molecule has 104 valence electrons. The van der Waals surface area contributed by atoms with Gasteiger partial charge in [-0.05, 0) is 19.3 Å². The molecule has 1 heterocycles. The topological polar surface area (TPSA) is 144 Å². The summed E-state index contributed by atoms with van der Waals surface area (Å²) >= 11 is 0. The zero-order valence-corrected chi connectivity index (χ0v) is 10.0. The van der Waals surface area contributed by atoms with Crippen LogP contribution in [-0.2, 0) is 9.47 Å². The summed E-state index contributed by atoms with van der Waals surface area (Å²) in [5.74, 6) is 0.384. The third kappa shape index (κ3) is 3.33. The first-order valence-electron chi connectivity index (χ1n) is 5.74. The number of ether oxygens (including phenoxy) is 2. The number of hydrogen-bond donors (Lipinski definition) is 2. The highest BCUT2D eigenvalue weighted by molar-refractivity contribution is 5.66. The van der Waals surface area contributed by atoms with Crippen LogP contribution in [-0.4, -0.2) is 34.6 Å². The maximum atomic E-state index is 10.9. The van der Waals surface area contributed by atoms with Crippen molar-refractivity contribution in [3.63, 3.8) is 0 Å². The minimum absolute atomic E-state index is 0.0698. The van der Waals surface area contributed by atoms with Crippen LogP contribution in [0.25, 0.3) is 0 Å². The zero-order valence-electron chi connectivity index (χ0n) is 10.0. The van der Waals surface area contributed by atoms with Gasteiger partial charge in [-0.1, -0.05) is 0 Å². The summed E-state index contributed by atoms with van der Waals surface area (Å²) in [6.07, 6.45) is -0.408. The number of carbonyl (C=O) groups excluding carboxylic acids is 2. The van der Waals surface area contributed by atoms with E-state index in [1.54, 1.807) is 0 Å². The van der Waals surface area contributed by atoms with E-state index in [1.165, 1.54) is 6.39 Å². The van der Waals surface area contributed by atoms with Gasteiger partial charge in [0, 0.05) is 5.92 Å². The summed E-state index contributed by atoms with van der Waals surface area (Å²) in [7, 11) is 0. The first-order chi connectivity index (χ1) is 9.06. The van der Waals surface area contributed by atoms with Crippen molar-refractivity contribution in [3.05, 3.63) is 12.3 Å². The molecular formula is C10H14N4O5. The van der Waals surface area contributed by atoms with Crippen LogP contribution in [0.1, 0.15) is 31.1 Å². The molecule has 9 nitrogen and oxygen atoms in total. The van der Waals surface area contributed by atoms with Gasteiger partial charge in [0.15, 0.2) is 0 Å². The van der Waals surface area contributed by atoms with Gasteiger partial charge in [-0.3, -0.25) is 0 Å². The lowest BCUT2D eigenvalue weighted by molar-refractivity contribution is -0.0325. The number of amides is 2. The number of rotatable bonds is 3. The lowest BCUT2D eigenvalue weighted by Gasteiger charge is -2.32. The van der Waals surface area contributed by atoms with Crippen LogP contribution >= 0.6 is 0 Å². The Labute approximate surface area is 108 Å². The third-order valence-corrected chi connectivity index (χ3v) is 2.99. The minimum atomic E-state index is -0.936. The highest BCUT2D eigenvalue weighted by atomic mass is 16.6. The highest BCUT2D eigenvalue weighted by Gasteiger charge is 2.37. The second-order valence-corrected chi connectivity index (χ2v) is 4.24. The normalized spacial score (nSPS) is 26.6. The van der Waals surface area contributed by atoms with Crippen molar-refractivity contribution >= 4 is 12.2 Å². The minimum Gasteiger partial charge on any atom is -0.442 e. The fraction of sp³-hybridized carbons (Fsp3) is 0.600. The molecule has 0 bridgehead atoms. The Hall–Kier alpha value is -2.32. The number of carbonyl (C=O) groups is 2. The summed E-state index contributed by atoms with van der Waals surface area (Å²) in [6, 6.07) is 0. The SMILES string of the molecule is NC(=O)O[C@H]1C[C@@H](c2nnco2)CC[C@H]1OC(N)=O. The van der Waals surface area contributed by atoms with Gasteiger partial charge < -0.3 is 25.4 Å². The Kier molecular flexibility index (Phi) is 3.83. The molecule has 4 N–H and O–H groups in total. The Morgan fingerprint density at radius 3 is 2.47 bits per heavy atom. The van der Waals surface area contributed by atoms with Gasteiger partial charge in [0.25, 0.3) is 0 Å². The van der Waals surface area contributed by atoms with Crippen LogP contribution in [0.3, 0.4) is 0 Å². The zero-order chi connectivity index (χ0) is 13.8. The number of nitrogens with zero attached hydrogens (tertiary/aromatic N) is 2. The van der Waals surface area contributed by atoms with Crippen LogP contribution in [0.15, 0.2) is 10.8 Å².